The summed E-state index contributed by atoms with van der Waals surface area (Å²) in [5, 5.41) is 17.9. The van der Waals surface area contributed by atoms with Crippen molar-refractivity contribution >= 4 is 5.91 Å². The number of aromatic hydroxyl groups is 1. The maximum absolute atomic E-state index is 13.4. The molecule has 2 heterocycles. The van der Waals surface area contributed by atoms with Gasteiger partial charge in [0.05, 0.1) is 19.3 Å². The van der Waals surface area contributed by atoms with Crippen LogP contribution in [0.15, 0.2) is 42.5 Å². The molecule has 174 valence electrons. The number of aromatic nitrogens is 2. The number of phenolic OH excluding ortho intramolecular Hbond substituents is 1. The molecule has 2 aromatic carbocycles. The van der Waals surface area contributed by atoms with Gasteiger partial charge in [-0.25, -0.2) is 0 Å². The van der Waals surface area contributed by atoms with Crippen molar-refractivity contribution in [1.82, 2.24) is 15.1 Å². The molecule has 0 radical (unpaired) electrons. The Labute approximate surface area is 194 Å². The second-order valence-corrected chi connectivity index (χ2v) is 8.12. The van der Waals surface area contributed by atoms with Gasteiger partial charge in [-0.1, -0.05) is 38.5 Å². The number of H-pyrrole nitrogens is 1. The molecule has 0 bridgehead atoms. The Balaban J connectivity index is 1.84. The van der Waals surface area contributed by atoms with E-state index in [1.54, 1.807) is 12.1 Å². The molecular formula is C26H31N3O4. The third kappa shape index (κ3) is 4.27. The minimum atomic E-state index is -0.341. The molecule has 4 rings (SSSR count). The molecule has 3 aromatic rings. The molecule has 1 aliphatic rings. The van der Waals surface area contributed by atoms with Crippen molar-refractivity contribution in [3.05, 3.63) is 59.3 Å². The lowest BCUT2D eigenvalue weighted by molar-refractivity contribution is 0.0741. The van der Waals surface area contributed by atoms with E-state index < -0.39 is 0 Å². The first-order valence-corrected chi connectivity index (χ1v) is 11.7. The molecule has 1 unspecified atom stereocenters. The van der Waals surface area contributed by atoms with Crippen molar-refractivity contribution in [2.75, 3.05) is 19.8 Å². The van der Waals surface area contributed by atoms with Gasteiger partial charge in [0.2, 0.25) is 0 Å². The minimum Gasteiger partial charge on any atom is -0.507 e. The number of carbonyl (C=O) groups excluding carboxylic acids is 1. The number of nitrogens with zero attached hydrogens (tertiary/aromatic N) is 2. The quantitative estimate of drug-likeness (QED) is 0.438. The van der Waals surface area contributed by atoms with Crippen LogP contribution in [0.5, 0.6) is 17.2 Å². The summed E-state index contributed by atoms with van der Waals surface area (Å²) in [5.74, 6) is 1.40. The molecule has 7 nitrogen and oxygen atoms in total. The van der Waals surface area contributed by atoms with Gasteiger partial charge in [-0.3, -0.25) is 9.89 Å². The van der Waals surface area contributed by atoms with Crippen molar-refractivity contribution in [2.24, 2.45) is 0 Å². The zero-order chi connectivity index (χ0) is 23.4. The van der Waals surface area contributed by atoms with Crippen molar-refractivity contribution in [2.45, 2.75) is 46.1 Å². The van der Waals surface area contributed by atoms with E-state index in [0.29, 0.717) is 48.2 Å². The van der Waals surface area contributed by atoms with E-state index >= 15 is 0 Å². The van der Waals surface area contributed by atoms with Crippen LogP contribution in [0.1, 0.15) is 67.7 Å². The molecule has 0 fully saturated rings. The summed E-state index contributed by atoms with van der Waals surface area (Å²) in [4.78, 5) is 15.3. The third-order valence-corrected chi connectivity index (χ3v) is 5.82. The van der Waals surface area contributed by atoms with E-state index in [1.807, 2.05) is 42.2 Å². The SMILES string of the molecule is CCCCN1C(=O)c2[nH]nc(-c3ccccc3O)c2C1c1ccc(OCCC)c(OCC)c1. The van der Waals surface area contributed by atoms with E-state index in [2.05, 4.69) is 24.0 Å². The van der Waals surface area contributed by atoms with Crippen molar-refractivity contribution in [1.29, 1.82) is 0 Å². The number of para-hydroxylation sites is 1. The molecule has 1 aromatic heterocycles. The predicted molar refractivity (Wildman–Crippen MR) is 127 cm³/mol. The Morgan fingerprint density at radius 2 is 1.88 bits per heavy atom. The van der Waals surface area contributed by atoms with Crippen LogP contribution in [0, 0.1) is 0 Å². The number of rotatable bonds is 10. The van der Waals surface area contributed by atoms with E-state index in [0.717, 1.165) is 30.4 Å². The summed E-state index contributed by atoms with van der Waals surface area (Å²) in [7, 11) is 0. The molecule has 33 heavy (non-hydrogen) atoms. The van der Waals surface area contributed by atoms with Gasteiger partial charge in [0, 0.05) is 17.7 Å². The largest absolute Gasteiger partial charge is 0.507 e. The monoisotopic (exact) mass is 449 g/mol. The van der Waals surface area contributed by atoms with Crippen LogP contribution >= 0.6 is 0 Å². The molecule has 1 amide bonds. The fourth-order valence-electron chi connectivity index (χ4n) is 4.28. The number of benzene rings is 2. The second-order valence-electron chi connectivity index (χ2n) is 8.12. The fraction of sp³-hybridized carbons (Fsp3) is 0.385. The number of ether oxygens (including phenoxy) is 2. The molecule has 1 aliphatic heterocycles. The molecule has 0 aliphatic carbocycles. The highest BCUT2D eigenvalue weighted by molar-refractivity contribution is 6.00. The second kappa shape index (κ2) is 9.98. The zero-order valence-electron chi connectivity index (χ0n) is 19.4. The maximum atomic E-state index is 13.4. The first-order chi connectivity index (χ1) is 16.1. The normalized spacial score (nSPS) is 15.1. The van der Waals surface area contributed by atoms with Gasteiger partial charge in [-0.15, -0.1) is 0 Å². The Kier molecular flexibility index (Phi) is 6.87. The number of nitrogens with one attached hydrogen (secondary N) is 1. The first-order valence-electron chi connectivity index (χ1n) is 11.7. The molecule has 0 saturated carbocycles. The smallest absolute Gasteiger partial charge is 0.273 e. The molecule has 2 N–H and O–H groups in total. The number of carbonyl (C=O) groups is 1. The van der Waals surface area contributed by atoms with Gasteiger partial charge in [-0.2, -0.15) is 5.10 Å². The predicted octanol–water partition coefficient (Wildman–Crippen LogP) is 5.32. The van der Waals surface area contributed by atoms with E-state index in [9.17, 15) is 9.90 Å². The van der Waals surface area contributed by atoms with Crippen LogP contribution < -0.4 is 9.47 Å². The summed E-state index contributed by atoms with van der Waals surface area (Å²) in [6, 6.07) is 12.6. The average Bonchev–Trinajstić information content (AvgIpc) is 3.36. The number of unbranched alkanes of at least 4 members (excludes halogenated alkanes) is 1. The van der Waals surface area contributed by atoms with Gasteiger partial charge in [0.15, 0.2) is 11.5 Å². The van der Waals surface area contributed by atoms with Gasteiger partial charge in [0.1, 0.15) is 17.1 Å². The van der Waals surface area contributed by atoms with Crippen molar-refractivity contribution in [3.8, 4) is 28.5 Å². The lowest BCUT2D eigenvalue weighted by atomic mass is 9.95. The Morgan fingerprint density at radius 3 is 2.61 bits per heavy atom. The Hall–Kier alpha value is -3.48. The van der Waals surface area contributed by atoms with Gasteiger partial charge in [0.25, 0.3) is 5.91 Å². The van der Waals surface area contributed by atoms with E-state index in [-0.39, 0.29) is 17.7 Å². The molecule has 0 spiro atoms. The standard InChI is InChI=1S/C26H31N3O4/c1-4-7-14-29-25(17-12-13-20(33-15-5-2)21(16-17)32-6-3)22-23(27-28-24(22)26(29)31)18-10-8-9-11-19(18)30/h8-13,16,25,30H,4-7,14-15H2,1-3H3,(H,27,28). The highest BCUT2D eigenvalue weighted by Crippen LogP contribution is 2.46. The number of hydrogen-bond acceptors (Lipinski definition) is 5. The number of fused-ring (bicyclic) bond motifs is 1. The lowest BCUT2D eigenvalue weighted by Crippen LogP contribution is -2.30. The average molecular weight is 450 g/mol. The van der Waals surface area contributed by atoms with Crippen LogP contribution in [-0.2, 0) is 0 Å². The molecule has 1 atom stereocenters. The highest BCUT2D eigenvalue weighted by atomic mass is 16.5. The maximum Gasteiger partial charge on any atom is 0.273 e. The fourth-order valence-corrected chi connectivity index (χ4v) is 4.28. The van der Waals surface area contributed by atoms with E-state index in [1.165, 1.54) is 0 Å². The summed E-state index contributed by atoms with van der Waals surface area (Å²) in [6.45, 7) is 7.85. The molecular weight excluding hydrogens is 418 g/mol. The lowest BCUT2D eigenvalue weighted by Gasteiger charge is -2.27. The van der Waals surface area contributed by atoms with E-state index in [4.69, 9.17) is 9.47 Å². The number of hydrogen-bond donors (Lipinski definition) is 2. The van der Waals surface area contributed by atoms with Crippen LogP contribution in [0.4, 0.5) is 0 Å². The third-order valence-electron chi connectivity index (χ3n) is 5.82. The topological polar surface area (TPSA) is 87.7 Å². The number of aromatic amines is 1. The summed E-state index contributed by atoms with van der Waals surface area (Å²) >= 11 is 0. The summed E-state index contributed by atoms with van der Waals surface area (Å²) in [6.07, 6.45) is 2.77. The summed E-state index contributed by atoms with van der Waals surface area (Å²) < 4.78 is 11.8. The summed E-state index contributed by atoms with van der Waals surface area (Å²) in [5.41, 5.74) is 3.35. The molecule has 7 heteroatoms. The Morgan fingerprint density at radius 1 is 1.06 bits per heavy atom. The van der Waals surface area contributed by atoms with Gasteiger partial charge < -0.3 is 19.5 Å². The van der Waals surface area contributed by atoms with Crippen molar-refractivity contribution in [3.63, 3.8) is 0 Å². The van der Waals surface area contributed by atoms with Crippen molar-refractivity contribution < 1.29 is 19.4 Å². The highest BCUT2D eigenvalue weighted by Gasteiger charge is 2.42. The number of phenols is 1. The van der Waals surface area contributed by atoms with Crippen LogP contribution in [0.3, 0.4) is 0 Å². The first kappa shape index (κ1) is 22.7. The molecule has 0 saturated heterocycles. The minimum absolute atomic E-state index is 0.0816. The number of amides is 1. The van der Waals surface area contributed by atoms with Crippen LogP contribution in [0.2, 0.25) is 0 Å². The Bertz CT molecular complexity index is 1120. The zero-order valence-corrected chi connectivity index (χ0v) is 19.4. The van der Waals surface area contributed by atoms with Gasteiger partial charge in [-0.05, 0) is 49.6 Å². The van der Waals surface area contributed by atoms with Crippen LogP contribution in [-0.4, -0.2) is 45.9 Å². The van der Waals surface area contributed by atoms with Gasteiger partial charge >= 0.3 is 0 Å². The van der Waals surface area contributed by atoms with Crippen LogP contribution in [0.25, 0.3) is 11.3 Å².